The first-order valence-electron chi connectivity index (χ1n) is 3.43. The largest absolute Gasteiger partial charge is 0.411 e. The van der Waals surface area contributed by atoms with Gasteiger partial charge in [-0.05, 0) is 12.1 Å². The van der Waals surface area contributed by atoms with Crippen LogP contribution in [0, 0.1) is 0 Å². The summed E-state index contributed by atoms with van der Waals surface area (Å²) in [5, 5.41) is 23.1. The second-order valence-electron chi connectivity index (χ2n) is 2.24. The van der Waals surface area contributed by atoms with Crippen LogP contribution in [0.5, 0.6) is 0 Å². The van der Waals surface area contributed by atoms with Crippen molar-refractivity contribution in [3.8, 4) is 0 Å². The highest BCUT2D eigenvalue weighted by Gasteiger charge is 2.00. The predicted octanol–water partition coefficient (Wildman–Crippen LogP) is 1.98. The van der Waals surface area contributed by atoms with Crippen LogP contribution >= 0.6 is 11.6 Å². The van der Waals surface area contributed by atoms with Crippen molar-refractivity contribution in [3.63, 3.8) is 0 Å². The molecule has 0 bridgehead atoms. The van der Waals surface area contributed by atoms with Gasteiger partial charge in [0.25, 0.3) is 0 Å². The summed E-state index contributed by atoms with van der Waals surface area (Å²) in [5.41, 5.74) is 0.781. The lowest BCUT2D eigenvalue weighted by atomic mass is 10.1. The molecule has 0 saturated carbocycles. The van der Waals surface area contributed by atoms with Gasteiger partial charge in [0.05, 0.1) is 6.21 Å². The molecule has 0 spiro atoms. The Labute approximate surface area is 79.8 Å². The van der Waals surface area contributed by atoms with Crippen LogP contribution in [0.1, 0.15) is 5.56 Å². The maximum atomic E-state index is 8.53. The molecule has 1 aromatic rings. The van der Waals surface area contributed by atoms with Crippen LogP contribution in [-0.4, -0.2) is 22.3 Å². The van der Waals surface area contributed by atoms with Crippen molar-refractivity contribution in [2.45, 2.75) is 0 Å². The van der Waals surface area contributed by atoms with Crippen LogP contribution in [0.2, 0.25) is 5.02 Å². The first-order chi connectivity index (χ1) is 6.27. The standard InChI is InChI=1S/C8H7ClN2O2/c9-7-3-1-6(2-4-7)8(11-13)5-10-12/h1-5,12-13H/b10-5-,11-8+. The molecule has 0 radical (unpaired) electrons. The Morgan fingerprint density at radius 3 is 2.31 bits per heavy atom. The van der Waals surface area contributed by atoms with Gasteiger partial charge in [-0.3, -0.25) is 0 Å². The molecular formula is C8H7ClN2O2. The molecular weight excluding hydrogens is 192 g/mol. The van der Waals surface area contributed by atoms with Gasteiger partial charge in [0.1, 0.15) is 5.71 Å². The first kappa shape index (κ1) is 9.54. The van der Waals surface area contributed by atoms with E-state index in [1.54, 1.807) is 24.3 Å². The molecule has 0 saturated heterocycles. The van der Waals surface area contributed by atoms with Crippen molar-refractivity contribution in [1.29, 1.82) is 0 Å². The van der Waals surface area contributed by atoms with Crippen molar-refractivity contribution in [2.75, 3.05) is 0 Å². The molecule has 0 aliphatic rings. The molecule has 0 fully saturated rings. The van der Waals surface area contributed by atoms with Crippen molar-refractivity contribution in [1.82, 2.24) is 0 Å². The van der Waals surface area contributed by atoms with Crippen molar-refractivity contribution in [2.24, 2.45) is 10.3 Å². The van der Waals surface area contributed by atoms with Gasteiger partial charge in [-0.1, -0.05) is 34.0 Å². The maximum absolute atomic E-state index is 8.53. The van der Waals surface area contributed by atoms with Crippen LogP contribution < -0.4 is 0 Å². The van der Waals surface area contributed by atoms with Gasteiger partial charge >= 0.3 is 0 Å². The summed E-state index contributed by atoms with van der Waals surface area (Å²) in [6.45, 7) is 0. The zero-order valence-electron chi connectivity index (χ0n) is 6.55. The fraction of sp³-hybridized carbons (Fsp3) is 0. The highest BCUT2D eigenvalue weighted by molar-refractivity contribution is 6.38. The lowest BCUT2D eigenvalue weighted by molar-refractivity contribution is 0.316. The monoisotopic (exact) mass is 198 g/mol. The molecule has 4 nitrogen and oxygen atoms in total. The Morgan fingerprint density at radius 2 is 1.85 bits per heavy atom. The van der Waals surface area contributed by atoms with Gasteiger partial charge in [-0.15, -0.1) is 0 Å². The molecule has 2 N–H and O–H groups in total. The minimum atomic E-state index is 0.166. The molecule has 0 aliphatic heterocycles. The summed E-state index contributed by atoms with van der Waals surface area (Å²) in [6, 6.07) is 6.60. The molecule has 0 aliphatic carbocycles. The highest BCUT2D eigenvalue weighted by atomic mass is 35.5. The number of rotatable bonds is 2. The molecule has 68 valence electrons. The van der Waals surface area contributed by atoms with Gasteiger partial charge in [-0.2, -0.15) is 0 Å². The Morgan fingerprint density at radius 1 is 1.23 bits per heavy atom. The van der Waals surface area contributed by atoms with E-state index in [2.05, 4.69) is 10.3 Å². The molecule has 0 unspecified atom stereocenters. The van der Waals surface area contributed by atoms with Crippen LogP contribution in [-0.2, 0) is 0 Å². The Hall–Kier alpha value is -1.55. The normalized spacial score (nSPS) is 12.2. The van der Waals surface area contributed by atoms with E-state index in [-0.39, 0.29) is 5.71 Å². The predicted molar refractivity (Wildman–Crippen MR) is 50.1 cm³/mol. The third-order valence-corrected chi connectivity index (χ3v) is 1.68. The van der Waals surface area contributed by atoms with E-state index in [4.69, 9.17) is 22.0 Å². The quantitative estimate of drug-likeness (QED) is 0.434. The smallest absolute Gasteiger partial charge is 0.131 e. The van der Waals surface area contributed by atoms with Gasteiger partial charge < -0.3 is 10.4 Å². The number of halogens is 1. The van der Waals surface area contributed by atoms with Crippen LogP contribution in [0.4, 0.5) is 0 Å². The van der Waals surface area contributed by atoms with E-state index in [1.807, 2.05) is 0 Å². The molecule has 1 rings (SSSR count). The van der Waals surface area contributed by atoms with E-state index in [0.717, 1.165) is 6.21 Å². The molecule has 0 heterocycles. The number of hydrogen-bond donors (Lipinski definition) is 2. The van der Waals surface area contributed by atoms with Crippen LogP contribution in [0.25, 0.3) is 0 Å². The maximum Gasteiger partial charge on any atom is 0.131 e. The number of nitrogens with zero attached hydrogens (tertiary/aromatic N) is 2. The lowest BCUT2D eigenvalue weighted by Crippen LogP contribution is -2.01. The Kier molecular flexibility index (Phi) is 3.28. The van der Waals surface area contributed by atoms with Gasteiger partial charge in [0.15, 0.2) is 0 Å². The van der Waals surface area contributed by atoms with E-state index in [0.29, 0.717) is 10.6 Å². The first-order valence-corrected chi connectivity index (χ1v) is 3.81. The Bertz CT molecular complexity index is 333. The second-order valence-corrected chi connectivity index (χ2v) is 2.67. The van der Waals surface area contributed by atoms with Crippen molar-refractivity contribution < 1.29 is 10.4 Å². The fourth-order valence-electron chi connectivity index (χ4n) is 0.833. The number of hydrogen-bond acceptors (Lipinski definition) is 4. The van der Waals surface area contributed by atoms with Gasteiger partial charge in [0, 0.05) is 10.6 Å². The SMILES string of the molecule is O/N=C\C(=N/O)c1ccc(Cl)cc1. The highest BCUT2D eigenvalue weighted by Crippen LogP contribution is 2.09. The summed E-state index contributed by atoms with van der Waals surface area (Å²) >= 11 is 5.65. The van der Waals surface area contributed by atoms with E-state index >= 15 is 0 Å². The van der Waals surface area contributed by atoms with E-state index in [9.17, 15) is 0 Å². The van der Waals surface area contributed by atoms with E-state index in [1.165, 1.54) is 0 Å². The third-order valence-electron chi connectivity index (χ3n) is 1.43. The van der Waals surface area contributed by atoms with E-state index < -0.39 is 0 Å². The van der Waals surface area contributed by atoms with Gasteiger partial charge in [0.2, 0.25) is 0 Å². The fourth-order valence-corrected chi connectivity index (χ4v) is 0.959. The average Bonchev–Trinajstić information content (AvgIpc) is 2.16. The minimum Gasteiger partial charge on any atom is -0.411 e. The van der Waals surface area contributed by atoms with Crippen LogP contribution in [0.15, 0.2) is 34.6 Å². The van der Waals surface area contributed by atoms with Crippen LogP contribution in [0.3, 0.4) is 0 Å². The Balaban J connectivity index is 3.00. The number of benzene rings is 1. The summed E-state index contributed by atoms with van der Waals surface area (Å²) in [7, 11) is 0. The molecule has 1 aromatic carbocycles. The number of oxime groups is 2. The minimum absolute atomic E-state index is 0.166. The molecule has 0 atom stereocenters. The van der Waals surface area contributed by atoms with Gasteiger partial charge in [-0.25, -0.2) is 0 Å². The summed E-state index contributed by atoms with van der Waals surface area (Å²) in [4.78, 5) is 0. The molecule has 0 aromatic heterocycles. The summed E-state index contributed by atoms with van der Waals surface area (Å²) in [5.74, 6) is 0. The second kappa shape index (κ2) is 4.47. The summed E-state index contributed by atoms with van der Waals surface area (Å²) in [6.07, 6.45) is 1.03. The third kappa shape index (κ3) is 2.45. The average molecular weight is 199 g/mol. The summed E-state index contributed by atoms with van der Waals surface area (Å²) < 4.78 is 0. The molecule has 13 heavy (non-hydrogen) atoms. The van der Waals surface area contributed by atoms with Crippen molar-refractivity contribution >= 4 is 23.5 Å². The zero-order valence-corrected chi connectivity index (χ0v) is 7.31. The topological polar surface area (TPSA) is 65.2 Å². The molecule has 5 heteroatoms. The zero-order chi connectivity index (χ0) is 9.68. The molecule has 0 amide bonds. The van der Waals surface area contributed by atoms with Crippen molar-refractivity contribution in [3.05, 3.63) is 34.9 Å². The lowest BCUT2D eigenvalue weighted by Gasteiger charge is -1.97.